The van der Waals surface area contributed by atoms with Gasteiger partial charge in [0.25, 0.3) is 0 Å². The van der Waals surface area contributed by atoms with Gasteiger partial charge in [0.1, 0.15) is 0 Å². The van der Waals surface area contributed by atoms with Gasteiger partial charge in [0.2, 0.25) is 0 Å². The first-order valence-corrected chi connectivity index (χ1v) is 9.22. The summed E-state index contributed by atoms with van der Waals surface area (Å²) >= 11 is 15.1. The standard InChI is InChI=1S/C15H11BrCl2O2S/c16-13-4-3-12(15(18)9-13)7-8-21(19,20)10-11-1-5-14(17)6-2-11/h1-9H,10H2. The first-order valence-electron chi connectivity index (χ1n) is 5.96. The van der Waals surface area contributed by atoms with Gasteiger partial charge in [0.05, 0.1) is 5.75 Å². The van der Waals surface area contributed by atoms with Crippen molar-refractivity contribution in [1.82, 2.24) is 0 Å². The summed E-state index contributed by atoms with van der Waals surface area (Å²) in [5.74, 6) is -0.0746. The molecule has 0 unspecified atom stereocenters. The molecule has 2 nitrogen and oxygen atoms in total. The average molecular weight is 406 g/mol. The molecule has 2 aromatic rings. The van der Waals surface area contributed by atoms with Crippen LogP contribution in [0.5, 0.6) is 0 Å². The highest BCUT2D eigenvalue weighted by Crippen LogP contribution is 2.23. The summed E-state index contributed by atoms with van der Waals surface area (Å²) in [5, 5.41) is 2.24. The summed E-state index contributed by atoms with van der Waals surface area (Å²) < 4.78 is 25.0. The topological polar surface area (TPSA) is 34.1 Å². The summed E-state index contributed by atoms with van der Waals surface area (Å²) in [6.45, 7) is 0. The van der Waals surface area contributed by atoms with Crippen LogP contribution in [0.1, 0.15) is 11.1 Å². The van der Waals surface area contributed by atoms with Crippen molar-refractivity contribution >= 4 is 55.0 Å². The van der Waals surface area contributed by atoms with Gasteiger partial charge in [-0.15, -0.1) is 0 Å². The van der Waals surface area contributed by atoms with E-state index in [9.17, 15) is 8.42 Å². The lowest BCUT2D eigenvalue weighted by Crippen LogP contribution is -1.99. The Kier molecular flexibility index (Phi) is 5.49. The zero-order chi connectivity index (χ0) is 15.5. The van der Waals surface area contributed by atoms with Crippen LogP contribution in [0, 0.1) is 0 Å². The highest BCUT2D eigenvalue weighted by atomic mass is 79.9. The van der Waals surface area contributed by atoms with Gasteiger partial charge in [-0.25, -0.2) is 8.42 Å². The number of rotatable bonds is 4. The van der Waals surface area contributed by atoms with Gasteiger partial charge in [-0.05, 0) is 41.5 Å². The Bertz CT molecular complexity index is 769. The first kappa shape index (κ1) is 16.6. The number of benzene rings is 2. The van der Waals surface area contributed by atoms with Crippen molar-refractivity contribution in [2.24, 2.45) is 0 Å². The molecule has 0 atom stereocenters. The molecule has 0 bridgehead atoms. The van der Waals surface area contributed by atoms with Crippen molar-refractivity contribution in [3.63, 3.8) is 0 Å². The van der Waals surface area contributed by atoms with Gasteiger partial charge in [-0.3, -0.25) is 0 Å². The maximum Gasteiger partial charge on any atom is 0.175 e. The van der Waals surface area contributed by atoms with Crippen LogP contribution in [0.2, 0.25) is 10.0 Å². The molecule has 2 aromatic carbocycles. The van der Waals surface area contributed by atoms with E-state index in [4.69, 9.17) is 23.2 Å². The fourth-order valence-corrected chi connectivity index (χ4v) is 3.64. The fraction of sp³-hybridized carbons (Fsp3) is 0.0667. The van der Waals surface area contributed by atoms with E-state index in [1.54, 1.807) is 42.5 Å². The number of halogens is 3. The van der Waals surface area contributed by atoms with Gasteiger partial charge in [0.15, 0.2) is 9.84 Å². The molecule has 0 aliphatic heterocycles. The van der Waals surface area contributed by atoms with Crippen LogP contribution in [0.3, 0.4) is 0 Å². The summed E-state index contributed by atoms with van der Waals surface area (Å²) in [7, 11) is -3.37. The van der Waals surface area contributed by atoms with E-state index in [1.807, 2.05) is 0 Å². The molecule has 0 saturated heterocycles. The molecule has 2 rings (SSSR count). The largest absolute Gasteiger partial charge is 0.224 e. The number of sulfone groups is 1. The third-order valence-corrected chi connectivity index (χ3v) is 5.06. The Morgan fingerprint density at radius 3 is 2.33 bits per heavy atom. The Balaban J connectivity index is 2.16. The highest BCUT2D eigenvalue weighted by Gasteiger charge is 2.08. The van der Waals surface area contributed by atoms with E-state index < -0.39 is 9.84 Å². The third-order valence-electron chi connectivity index (χ3n) is 2.70. The molecule has 0 amide bonds. The fourth-order valence-electron chi connectivity index (χ4n) is 1.67. The smallest absolute Gasteiger partial charge is 0.175 e. The molecule has 0 aliphatic carbocycles. The second-order valence-electron chi connectivity index (χ2n) is 4.40. The van der Waals surface area contributed by atoms with Gasteiger partial charge in [-0.2, -0.15) is 0 Å². The molecule has 0 heterocycles. The molecule has 0 N–H and O–H groups in total. The quantitative estimate of drug-likeness (QED) is 0.687. The normalized spacial score (nSPS) is 12.0. The minimum absolute atomic E-state index is 0.0746. The Labute approximate surface area is 142 Å². The second-order valence-corrected chi connectivity index (χ2v) is 8.05. The Morgan fingerprint density at radius 1 is 1.05 bits per heavy atom. The lowest BCUT2D eigenvalue weighted by atomic mass is 10.2. The predicted molar refractivity (Wildman–Crippen MR) is 92.3 cm³/mol. The minimum atomic E-state index is -3.37. The highest BCUT2D eigenvalue weighted by molar-refractivity contribution is 9.10. The Morgan fingerprint density at radius 2 is 1.71 bits per heavy atom. The van der Waals surface area contributed by atoms with Crippen LogP contribution >= 0.6 is 39.1 Å². The van der Waals surface area contributed by atoms with E-state index in [0.29, 0.717) is 21.2 Å². The lowest BCUT2D eigenvalue weighted by Gasteiger charge is -2.01. The van der Waals surface area contributed by atoms with Gasteiger partial charge >= 0.3 is 0 Å². The van der Waals surface area contributed by atoms with Crippen molar-refractivity contribution in [3.8, 4) is 0 Å². The van der Waals surface area contributed by atoms with Crippen LogP contribution in [0.4, 0.5) is 0 Å². The average Bonchev–Trinajstić information content (AvgIpc) is 2.40. The molecule has 21 heavy (non-hydrogen) atoms. The number of hydrogen-bond donors (Lipinski definition) is 0. The summed E-state index contributed by atoms with van der Waals surface area (Å²) in [4.78, 5) is 0. The maximum absolute atomic E-state index is 12.1. The zero-order valence-electron chi connectivity index (χ0n) is 10.8. The molecular formula is C15H11BrCl2O2S. The molecule has 0 aromatic heterocycles. The van der Waals surface area contributed by atoms with Crippen LogP contribution in [-0.2, 0) is 15.6 Å². The Hall–Kier alpha value is -0.810. The van der Waals surface area contributed by atoms with Crippen molar-refractivity contribution in [3.05, 3.63) is 73.5 Å². The molecule has 110 valence electrons. The van der Waals surface area contributed by atoms with Crippen LogP contribution in [0.25, 0.3) is 6.08 Å². The minimum Gasteiger partial charge on any atom is -0.224 e. The van der Waals surface area contributed by atoms with Crippen LogP contribution in [0.15, 0.2) is 52.3 Å². The first-order chi connectivity index (χ1) is 9.85. The SMILES string of the molecule is O=S(=O)(C=Cc1ccc(Br)cc1Cl)Cc1ccc(Cl)cc1. The zero-order valence-corrected chi connectivity index (χ0v) is 14.7. The molecule has 0 fully saturated rings. The molecule has 0 saturated carbocycles. The second kappa shape index (κ2) is 6.97. The molecule has 0 radical (unpaired) electrons. The number of hydrogen-bond acceptors (Lipinski definition) is 2. The summed E-state index contributed by atoms with van der Waals surface area (Å²) in [5.41, 5.74) is 1.34. The molecule has 0 spiro atoms. The predicted octanol–water partition coefficient (Wildman–Crippen LogP) is 5.34. The van der Waals surface area contributed by atoms with Crippen molar-refractivity contribution in [2.75, 3.05) is 0 Å². The van der Waals surface area contributed by atoms with E-state index in [0.717, 1.165) is 4.47 Å². The maximum atomic E-state index is 12.1. The molecule has 6 heteroatoms. The summed E-state index contributed by atoms with van der Waals surface area (Å²) in [6.07, 6.45) is 1.50. The van der Waals surface area contributed by atoms with Gasteiger partial charge in [-0.1, -0.05) is 57.3 Å². The third kappa shape index (κ3) is 5.15. The summed E-state index contributed by atoms with van der Waals surface area (Å²) in [6, 6.07) is 12.0. The van der Waals surface area contributed by atoms with Crippen molar-refractivity contribution < 1.29 is 8.42 Å². The van der Waals surface area contributed by atoms with Crippen molar-refractivity contribution in [1.29, 1.82) is 0 Å². The monoisotopic (exact) mass is 404 g/mol. The van der Waals surface area contributed by atoms with E-state index in [1.165, 1.54) is 11.5 Å². The van der Waals surface area contributed by atoms with E-state index in [2.05, 4.69) is 15.9 Å². The van der Waals surface area contributed by atoms with Gasteiger partial charge in [0, 0.05) is 19.9 Å². The van der Waals surface area contributed by atoms with E-state index >= 15 is 0 Å². The molecular weight excluding hydrogens is 395 g/mol. The van der Waals surface area contributed by atoms with Crippen molar-refractivity contribution in [2.45, 2.75) is 5.75 Å². The lowest BCUT2D eigenvalue weighted by molar-refractivity contribution is 0.604. The molecule has 0 aliphatic rings. The van der Waals surface area contributed by atoms with Crippen LogP contribution in [-0.4, -0.2) is 8.42 Å². The van der Waals surface area contributed by atoms with Gasteiger partial charge < -0.3 is 0 Å². The van der Waals surface area contributed by atoms with E-state index in [-0.39, 0.29) is 5.75 Å². The van der Waals surface area contributed by atoms with Crippen LogP contribution < -0.4 is 0 Å².